The lowest BCUT2D eigenvalue weighted by Gasteiger charge is -2.23. The lowest BCUT2D eigenvalue weighted by Crippen LogP contribution is -2.20. The van der Waals surface area contributed by atoms with Crippen molar-refractivity contribution in [2.24, 2.45) is 0 Å². The van der Waals surface area contributed by atoms with Gasteiger partial charge in [0, 0.05) is 48.8 Å². The molecule has 0 saturated carbocycles. The molecule has 1 fully saturated rings. The van der Waals surface area contributed by atoms with Crippen molar-refractivity contribution in [3.05, 3.63) is 66.2 Å². The van der Waals surface area contributed by atoms with E-state index in [2.05, 4.69) is 32.1 Å². The van der Waals surface area contributed by atoms with Gasteiger partial charge in [-0.05, 0) is 63.9 Å². The zero-order chi connectivity index (χ0) is 23.7. The number of ether oxygens (including phenoxy) is 2. The number of rotatable bonds is 6. The molecule has 0 radical (unpaired) electrons. The molecule has 0 unspecified atom stereocenters. The summed E-state index contributed by atoms with van der Waals surface area (Å²) in [7, 11) is 0. The maximum atomic E-state index is 10.2. The largest absolute Gasteiger partial charge is 0.457 e. The Kier molecular flexibility index (Phi) is 5.93. The summed E-state index contributed by atoms with van der Waals surface area (Å²) < 4.78 is 13.9. The van der Waals surface area contributed by atoms with Crippen LogP contribution in [0.5, 0.6) is 11.5 Å². The van der Waals surface area contributed by atoms with Gasteiger partial charge in [-0.15, -0.1) is 0 Å². The number of fused-ring (bicyclic) bond motifs is 1. The summed E-state index contributed by atoms with van der Waals surface area (Å²) in [6, 6.07) is 13.7. The van der Waals surface area contributed by atoms with Crippen LogP contribution in [0.2, 0.25) is 0 Å². The van der Waals surface area contributed by atoms with Crippen molar-refractivity contribution in [2.75, 3.05) is 18.5 Å². The molecule has 4 aromatic rings. The van der Waals surface area contributed by atoms with Crippen LogP contribution in [-0.2, 0) is 10.3 Å². The standard InChI is InChI=1S/C26H29N5O3/c1-17-22-5-4-20(15-23(22)31(30-17)19-8-12-33-13-9-19)34-21-7-11-28-25(16-21)29-18-6-10-27-24(14-18)26(2,3)32/h4-7,10-11,14-16,19,32H,8-9,12-13H2,1-3H3,(H,27,28,29). The van der Waals surface area contributed by atoms with Crippen LogP contribution in [0.25, 0.3) is 10.9 Å². The Morgan fingerprint density at radius 1 is 1.03 bits per heavy atom. The van der Waals surface area contributed by atoms with Gasteiger partial charge in [-0.25, -0.2) is 4.98 Å². The number of pyridine rings is 2. The van der Waals surface area contributed by atoms with Crippen molar-refractivity contribution >= 4 is 22.4 Å². The summed E-state index contributed by atoms with van der Waals surface area (Å²) >= 11 is 0. The fourth-order valence-corrected chi connectivity index (χ4v) is 4.22. The van der Waals surface area contributed by atoms with E-state index in [-0.39, 0.29) is 0 Å². The Morgan fingerprint density at radius 3 is 2.59 bits per heavy atom. The molecule has 0 amide bonds. The number of aromatic nitrogens is 4. The minimum Gasteiger partial charge on any atom is -0.457 e. The van der Waals surface area contributed by atoms with Gasteiger partial charge >= 0.3 is 0 Å². The summed E-state index contributed by atoms with van der Waals surface area (Å²) in [5, 5.41) is 19.4. The van der Waals surface area contributed by atoms with Crippen LogP contribution in [0, 0.1) is 6.92 Å². The highest BCUT2D eigenvalue weighted by atomic mass is 16.5. The van der Waals surface area contributed by atoms with Crippen molar-refractivity contribution in [1.29, 1.82) is 0 Å². The summed E-state index contributed by atoms with van der Waals surface area (Å²) in [5.74, 6) is 2.04. The maximum Gasteiger partial charge on any atom is 0.134 e. The van der Waals surface area contributed by atoms with Gasteiger partial charge in [0.05, 0.1) is 22.9 Å². The van der Waals surface area contributed by atoms with Gasteiger partial charge in [0.15, 0.2) is 0 Å². The number of aliphatic hydroxyl groups is 1. The fraction of sp³-hybridized carbons (Fsp3) is 0.346. The quantitative estimate of drug-likeness (QED) is 0.407. The van der Waals surface area contributed by atoms with E-state index < -0.39 is 5.60 Å². The van der Waals surface area contributed by atoms with E-state index in [0.29, 0.717) is 23.3 Å². The molecule has 34 heavy (non-hydrogen) atoms. The first-order valence-corrected chi connectivity index (χ1v) is 11.5. The third-order valence-corrected chi connectivity index (χ3v) is 6.03. The van der Waals surface area contributed by atoms with Crippen LogP contribution >= 0.6 is 0 Å². The monoisotopic (exact) mass is 459 g/mol. The molecular weight excluding hydrogens is 430 g/mol. The zero-order valence-corrected chi connectivity index (χ0v) is 19.7. The Balaban J connectivity index is 1.38. The molecule has 1 aliphatic rings. The SMILES string of the molecule is Cc1nn(C2CCOCC2)c2cc(Oc3ccnc(Nc4ccnc(C(C)(C)O)c4)c3)ccc12. The van der Waals surface area contributed by atoms with E-state index in [9.17, 15) is 5.11 Å². The topological polar surface area (TPSA) is 94.3 Å². The number of benzene rings is 1. The molecular formula is C26H29N5O3. The maximum absolute atomic E-state index is 10.2. The van der Waals surface area contributed by atoms with E-state index >= 15 is 0 Å². The second-order valence-electron chi connectivity index (χ2n) is 9.15. The Labute approximate surface area is 198 Å². The van der Waals surface area contributed by atoms with Gasteiger partial charge in [-0.2, -0.15) is 5.10 Å². The predicted octanol–water partition coefficient (Wildman–Crippen LogP) is 5.25. The van der Waals surface area contributed by atoms with Crippen molar-refractivity contribution in [1.82, 2.24) is 19.7 Å². The molecule has 5 rings (SSSR count). The van der Waals surface area contributed by atoms with Crippen LogP contribution < -0.4 is 10.1 Å². The minimum absolute atomic E-state index is 0.339. The number of hydrogen-bond donors (Lipinski definition) is 2. The van der Waals surface area contributed by atoms with E-state index in [1.54, 1.807) is 26.2 Å². The van der Waals surface area contributed by atoms with E-state index in [1.165, 1.54) is 0 Å². The lowest BCUT2D eigenvalue weighted by molar-refractivity contribution is 0.0674. The molecule has 0 spiro atoms. The van der Waals surface area contributed by atoms with Gasteiger partial charge in [0.1, 0.15) is 22.9 Å². The number of nitrogens with zero attached hydrogens (tertiary/aromatic N) is 4. The van der Waals surface area contributed by atoms with Crippen LogP contribution in [0.4, 0.5) is 11.5 Å². The lowest BCUT2D eigenvalue weighted by atomic mass is 10.0. The molecule has 1 aromatic carbocycles. The van der Waals surface area contributed by atoms with Crippen LogP contribution in [-0.4, -0.2) is 38.1 Å². The third kappa shape index (κ3) is 4.73. The number of nitrogens with one attached hydrogen (secondary N) is 1. The fourth-order valence-electron chi connectivity index (χ4n) is 4.22. The van der Waals surface area contributed by atoms with Gasteiger partial charge in [0.25, 0.3) is 0 Å². The molecule has 0 aliphatic carbocycles. The molecule has 4 heterocycles. The van der Waals surface area contributed by atoms with Crippen LogP contribution in [0.3, 0.4) is 0 Å². The van der Waals surface area contributed by atoms with E-state index in [4.69, 9.17) is 14.6 Å². The van der Waals surface area contributed by atoms with Gasteiger partial charge in [0.2, 0.25) is 0 Å². The van der Waals surface area contributed by atoms with E-state index in [1.807, 2.05) is 37.3 Å². The van der Waals surface area contributed by atoms with Crippen molar-refractivity contribution < 1.29 is 14.6 Å². The molecule has 0 bridgehead atoms. The summed E-state index contributed by atoms with van der Waals surface area (Å²) in [4.78, 5) is 8.64. The minimum atomic E-state index is -1.02. The zero-order valence-electron chi connectivity index (χ0n) is 19.7. The Hall–Kier alpha value is -3.49. The molecule has 176 valence electrons. The second kappa shape index (κ2) is 9.04. The average molecular weight is 460 g/mol. The molecule has 0 atom stereocenters. The highest BCUT2D eigenvalue weighted by Crippen LogP contribution is 2.32. The van der Waals surface area contributed by atoms with Crippen LogP contribution in [0.15, 0.2) is 54.9 Å². The van der Waals surface area contributed by atoms with Crippen molar-refractivity contribution in [3.63, 3.8) is 0 Å². The first-order valence-electron chi connectivity index (χ1n) is 11.5. The van der Waals surface area contributed by atoms with Crippen molar-refractivity contribution in [3.8, 4) is 11.5 Å². The van der Waals surface area contributed by atoms with E-state index in [0.717, 1.165) is 54.1 Å². The van der Waals surface area contributed by atoms with Gasteiger partial charge < -0.3 is 19.9 Å². The van der Waals surface area contributed by atoms with Gasteiger partial charge in [-0.3, -0.25) is 9.67 Å². The number of anilines is 2. The molecule has 8 heteroatoms. The second-order valence-corrected chi connectivity index (χ2v) is 9.15. The average Bonchev–Trinajstić information content (AvgIpc) is 3.15. The molecule has 3 aromatic heterocycles. The third-order valence-electron chi connectivity index (χ3n) is 6.03. The highest BCUT2D eigenvalue weighted by molar-refractivity contribution is 5.83. The van der Waals surface area contributed by atoms with Crippen molar-refractivity contribution in [2.45, 2.75) is 45.3 Å². The molecule has 2 N–H and O–H groups in total. The Bertz CT molecular complexity index is 1310. The summed E-state index contributed by atoms with van der Waals surface area (Å²) in [6.45, 7) is 6.99. The Morgan fingerprint density at radius 2 is 1.79 bits per heavy atom. The number of aryl methyl sites for hydroxylation is 1. The number of hydrogen-bond acceptors (Lipinski definition) is 7. The van der Waals surface area contributed by atoms with Gasteiger partial charge in [-0.1, -0.05) is 0 Å². The summed E-state index contributed by atoms with van der Waals surface area (Å²) in [6.07, 6.45) is 5.29. The molecule has 1 saturated heterocycles. The first kappa shape index (κ1) is 22.3. The predicted molar refractivity (Wildman–Crippen MR) is 131 cm³/mol. The first-order chi connectivity index (χ1) is 16.4. The normalized spacial score (nSPS) is 14.9. The molecule has 1 aliphatic heterocycles. The van der Waals surface area contributed by atoms with Crippen LogP contribution in [0.1, 0.15) is 44.1 Å². The molecule has 8 nitrogen and oxygen atoms in total. The summed E-state index contributed by atoms with van der Waals surface area (Å²) in [5.41, 5.74) is 2.43. The smallest absolute Gasteiger partial charge is 0.134 e. The highest BCUT2D eigenvalue weighted by Gasteiger charge is 2.20.